The van der Waals surface area contributed by atoms with Crippen LogP contribution in [-0.4, -0.2) is 24.5 Å². The molecule has 2 N–H and O–H groups in total. The maximum Gasteiger partial charge on any atom is 0.322 e. The molecule has 1 saturated carbocycles. The van der Waals surface area contributed by atoms with Gasteiger partial charge < -0.3 is 10.5 Å². The molecule has 0 radical (unpaired) electrons. The molecule has 0 aromatic rings. The normalized spacial score (nSPS) is 31.0. The van der Waals surface area contributed by atoms with Crippen molar-refractivity contribution in [2.75, 3.05) is 7.11 Å². The van der Waals surface area contributed by atoms with Crippen molar-refractivity contribution in [3.63, 3.8) is 0 Å². The summed E-state index contributed by atoms with van der Waals surface area (Å²) in [4.78, 5) is 11.1. The van der Waals surface area contributed by atoms with Crippen LogP contribution < -0.4 is 5.73 Å². The van der Waals surface area contributed by atoms with Gasteiger partial charge in [-0.25, -0.2) is 0 Å². The molecule has 1 unspecified atom stereocenters. The molecule has 3 nitrogen and oxygen atoms in total. The molecule has 4 heteroatoms. The lowest BCUT2D eigenvalue weighted by atomic mass is 9.84. The summed E-state index contributed by atoms with van der Waals surface area (Å²) in [6.07, 6.45) is 3.78. The Morgan fingerprint density at radius 3 is 2.46 bits per heavy atom. The van der Waals surface area contributed by atoms with Gasteiger partial charge in [-0.2, -0.15) is 0 Å². The van der Waals surface area contributed by atoms with E-state index in [-0.39, 0.29) is 17.3 Å². The zero-order valence-electron chi connectivity index (χ0n) is 7.83. The summed E-state index contributed by atoms with van der Waals surface area (Å²) in [7, 11) is 1.37. The Balaban J connectivity index is 2.39. The average Bonchev–Trinajstić information content (AvgIpc) is 2.17. The van der Waals surface area contributed by atoms with Gasteiger partial charge >= 0.3 is 5.97 Å². The van der Waals surface area contributed by atoms with Crippen molar-refractivity contribution in [1.29, 1.82) is 0 Å². The molecule has 13 heavy (non-hydrogen) atoms. The lowest BCUT2D eigenvalue weighted by Crippen LogP contribution is -2.40. The Morgan fingerprint density at radius 2 is 2.00 bits per heavy atom. The van der Waals surface area contributed by atoms with Crippen molar-refractivity contribution < 1.29 is 9.53 Å². The molecule has 0 aromatic heterocycles. The molecular formula is C9H16ClNO2. The van der Waals surface area contributed by atoms with Gasteiger partial charge in [0.05, 0.1) is 7.11 Å². The van der Waals surface area contributed by atoms with Gasteiger partial charge in [-0.05, 0) is 31.6 Å². The number of ether oxygens (including phenoxy) is 1. The highest BCUT2D eigenvalue weighted by molar-refractivity contribution is 6.20. The Hall–Kier alpha value is -0.280. The van der Waals surface area contributed by atoms with Crippen LogP contribution >= 0.6 is 11.6 Å². The van der Waals surface area contributed by atoms with E-state index in [2.05, 4.69) is 4.74 Å². The molecule has 1 aliphatic rings. The minimum absolute atomic E-state index is 0.252. The van der Waals surface area contributed by atoms with Crippen LogP contribution in [0, 0.1) is 5.92 Å². The van der Waals surface area contributed by atoms with Gasteiger partial charge in [0.1, 0.15) is 6.04 Å². The smallest absolute Gasteiger partial charge is 0.322 e. The van der Waals surface area contributed by atoms with E-state index < -0.39 is 6.04 Å². The molecule has 0 aromatic carbocycles. The largest absolute Gasteiger partial charge is 0.468 e. The Kier molecular flexibility index (Phi) is 4.00. The summed E-state index contributed by atoms with van der Waals surface area (Å²) >= 11 is 5.94. The van der Waals surface area contributed by atoms with Crippen molar-refractivity contribution in [1.82, 2.24) is 0 Å². The zero-order valence-corrected chi connectivity index (χ0v) is 8.59. The molecule has 0 heterocycles. The second-order valence-corrected chi connectivity index (χ2v) is 4.18. The van der Waals surface area contributed by atoms with Crippen LogP contribution in [0.2, 0.25) is 0 Å². The third kappa shape index (κ3) is 2.85. The van der Waals surface area contributed by atoms with E-state index in [0.29, 0.717) is 0 Å². The number of carbonyl (C=O) groups excluding carboxylic acids is 1. The van der Waals surface area contributed by atoms with Crippen LogP contribution in [0.1, 0.15) is 25.7 Å². The maximum absolute atomic E-state index is 11.1. The lowest BCUT2D eigenvalue weighted by molar-refractivity contribution is -0.143. The van der Waals surface area contributed by atoms with Gasteiger partial charge in [0.15, 0.2) is 0 Å². The van der Waals surface area contributed by atoms with E-state index in [1.165, 1.54) is 7.11 Å². The SMILES string of the molecule is COC(=O)C(N)C1CCC(Cl)CC1. The van der Waals surface area contributed by atoms with E-state index >= 15 is 0 Å². The fourth-order valence-corrected chi connectivity index (χ4v) is 2.02. The number of nitrogens with two attached hydrogens (primary N) is 1. The second kappa shape index (κ2) is 4.82. The standard InChI is InChI=1S/C9H16ClNO2/c1-13-9(12)8(11)6-2-4-7(10)5-3-6/h6-8H,2-5,11H2,1H3. The predicted octanol–water partition coefficient (Wildman–Crippen LogP) is 1.28. The number of carbonyl (C=O) groups is 1. The number of hydrogen-bond donors (Lipinski definition) is 1. The molecule has 0 saturated heterocycles. The first kappa shape index (κ1) is 10.8. The fourth-order valence-electron chi connectivity index (χ4n) is 1.77. The molecule has 1 fully saturated rings. The van der Waals surface area contributed by atoms with Crippen LogP contribution in [0.4, 0.5) is 0 Å². The van der Waals surface area contributed by atoms with Crippen molar-refractivity contribution in [3.8, 4) is 0 Å². The van der Waals surface area contributed by atoms with E-state index in [4.69, 9.17) is 17.3 Å². The van der Waals surface area contributed by atoms with Crippen LogP contribution in [-0.2, 0) is 9.53 Å². The predicted molar refractivity (Wildman–Crippen MR) is 51.6 cm³/mol. The molecule has 0 spiro atoms. The van der Waals surface area contributed by atoms with E-state index in [1.54, 1.807) is 0 Å². The highest BCUT2D eigenvalue weighted by Crippen LogP contribution is 2.29. The summed E-state index contributed by atoms with van der Waals surface area (Å²) in [5.74, 6) is -0.0551. The van der Waals surface area contributed by atoms with Crippen molar-refractivity contribution in [3.05, 3.63) is 0 Å². The van der Waals surface area contributed by atoms with Gasteiger partial charge in [0.2, 0.25) is 0 Å². The Labute approximate surface area is 83.6 Å². The fraction of sp³-hybridized carbons (Fsp3) is 0.889. The van der Waals surface area contributed by atoms with E-state index in [0.717, 1.165) is 25.7 Å². The molecule has 0 bridgehead atoms. The summed E-state index contributed by atoms with van der Waals surface area (Å²) in [6.45, 7) is 0. The quantitative estimate of drug-likeness (QED) is 0.546. The van der Waals surface area contributed by atoms with Crippen LogP contribution in [0.25, 0.3) is 0 Å². The van der Waals surface area contributed by atoms with Gasteiger partial charge in [-0.1, -0.05) is 0 Å². The van der Waals surface area contributed by atoms with E-state index in [9.17, 15) is 4.79 Å². The number of alkyl halides is 1. The average molecular weight is 206 g/mol. The van der Waals surface area contributed by atoms with Crippen molar-refractivity contribution in [2.24, 2.45) is 11.7 Å². The molecule has 76 valence electrons. The molecule has 1 aliphatic carbocycles. The monoisotopic (exact) mass is 205 g/mol. The minimum Gasteiger partial charge on any atom is -0.468 e. The van der Waals surface area contributed by atoms with Gasteiger partial charge in [-0.3, -0.25) is 4.79 Å². The first-order chi connectivity index (χ1) is 6.15. The van der Waals surface area contributed by atoms with E-state index in [1.807, 2.05) is 0 Å². The van der Waals surface area contributed by atoms with Crippen molar-refractivity contribution >= 4 is 17.6 Å². The van der Waals surface area contributed by atoms with Crippen LogP contribution in [0.3, 0.4) is 0 Å². The van der Waals surface area contributed by atoms with Crippen LogP contribution in [0.15, 0.2) is 0 Å². The molecule has 0 amide bonds. The highest BCUT2D eigenvalue weighted by atomic mass is 35.5. The van der Waals surface area contributed by atoms with Gasteiger partial charge in [0, 0.05) is 5.38 Å². The Bertz CT molecular complexity index is 178. The van der Waals surface area contributed by atoms with Gasteiger partial charge in [-0.15, -0.1) is 11.6 Å². The Morgan fingerprint density at radius 1 is 1.46 bits per heavy atom. The van der Waals surface area contributed by atoms with Crippen molar-refractivity contribution in [2.45, 2.75) is 37.1 Å². The molecule has 1 atom stereocenters. The summed E-state index contributed by atoms with van der Waals surface area (Å²) in [5.41, 5.74) is 5.73. The maximum atomic E-state index is 11.1. The topological polar surface area (TPSA) is 52.3 Å². The minimum atomic E-state index is -0.464. The molecule has 0 aliphatic heterocycles. The third-order valence-corrected chi connectivity index (χ3v) is 3.12. The first-order valence-electron chi connectivity index (χ1n) is 4.62. The highest BCUT2D eigenvalue weighted by Gasteiger charge is 2.29. The summed E-state index contributed by atoms with van der Waals surface area (Å²) in [6, 6.07) is -0.464. The lowest BCUT2D eigenvalue weighted by Gasteiger charge is -2.27. The van der Waals surface area contributed by atoms with Gasteiger partial charge in [0.25, 0.3) is 0 Å². The number of halogens is 1. The number of esters is 1. The summed E-state index contributed by atoms with van der Waals surface area (Å²) < 4.78 is 4.60. The summed E-state index contributed by atoms with van der Waals surface area (Å²) in [5, 5.41) is 0.265. The number of rotatable bonds is 2. The molecule has 1 rings (SSSR count). The number of hydrogen-bond acceptors (Lipinski definition) is 3. The zero-order chi connectivity index (χ0) is 9.84. The number of methoxy groups -OCH3 is 1. The third-order valence-electron chi connectivity index (χ3n) is 2.68. The van der Waals surface area contributed by atoms with Crippen LogP contribution in [0.5, 0.6) is 0 Å². The first-order valence-corrected chi connectivity index (χ1v) is 5.06. The second-order valence-electron chi connectivity index (χ2n) is 3.56. The molecular weight excluding hydrogens is 190 g/mol.